The maximum absolute atomic E-state index is 11.3. The van der Waals surface area contributed by atoms with E-state index in [1.165, 1.54) is 0 Å². The Bertz CT molecular complexity index is 277. The van der Waals surface area contributed by atoms with E-state index in [1.807, 2.05) is 11.8 Å². The van der Waals surface area contributed by atoms with Crippen LogP contribution in [0.1, 0.15) is 19.3 Å². The molecule has 5 heteroatoms. The van der Waals surface area contributed by atoms with Gasteiger partial charge in [-0.05, 0) is 49.7 Å². The summed E-state index contributed by atoms with van der Waals surface area (Å²) < 4.78 is 22.7. The van der Waals surface area contributed by atoms with E-state index in [2.05, 4.69) is 6.26 Å². The summed E-state index contributed by atoms with van der Waals surface area (Å²) in [4.78, 5) is 0. The maximum atomic E-state index is 11.3. The Balaban J connectivity index is 2.39. The minimum Gasteiger partial charge on any atom is -0.330 e. The van der Waals surface area contributed by atoms with E-state index in [0.717, 1.165) is 25.0 Å². The van der Waals surface area contributed by atoms with Crippen molar-refractivity contribution in [2.75, 3.05) is 30.1 Å². The maximum Gasteiger partial charge on any atom is 0.150 e. The van der Waals surface area contributed by atoms with Gasteiger partial charge in [0.15, 0.2) is 9.84 Å². The largest absolute Gasteiger partial charge is 0.330 e. The van der Waals surface area contributed by atoms with Gasteiger partial charge >= 0.3 is 0 Å². The van der Waals surface area contributed by atoms with Crippen LogP contribution in [0.3, 0.4) is 0 Å². The molecule has 2 N–H and O–H groups in total. The van der Waals surface area contributed by atoms with Crippen molar-refractivity contribution in [3.8, 4) is 0 Å². The van der Waals surface area contributed by atoms with E-state index in [9.17, 15) is 8.42 Å². The smallest absolute Gasteiger partial charge is 0.150 e. The van der Waals surface area contributed by atoms with Gasteiger partial charge in [0.2, 0.25) is 0 Å². The zero-order chi connectivity index (χ0) is 11.3. The number of sulfone groups is 1. The topological polar surface area (TPSA) is 60.2 Å². The fourth-order valence-electron chi connectivity index (χ4n) is 2.23. The van der Waals surface area contributed by atoms with Crippen LogP contribution in [0, 0.1) is 11.8 Å². The van der Waals surface area contributed by atoms with Crippen molar-refractivity contribution in [1.82, 2.24) is 0 Å². The second kappa shape index (κ2) is 6.11. The van der Waals surface area contributed by atoms with Crippen molar-refractivity contribution in [3.63, 3.8) is 0 Å². The molecule has 1 rings (SSSR count). The summed E-state index contributed by atoms with van der Waals surface area (Å²) in [5, 5.41) is 0. The van der Waals surface area contributed by atoms with Gasteiger partial charge in [0.1, 0.15) is 0 Å². The van der Waals surface area contributed by atoms with E-state index in [0.29, 0.717) is 29.9 Å². The first-order chi connectivity index (χ1) is 7.09. The Morgan fingerprint density at radius 2 is 2.27 bits per heavy atom. The average molecular weight is 251 g/mol. The van der Waals surface area contributed by atoms with Gasteiger partial charge in [-0.3, -0.25) is 0 Å². The molecule has 0 bridgehead atoms. The van der Waals surface area contributed by atoms with Gasteiger partial charge in [0.25, 0.3) is 0 Å². The summed E-state index contributed by atoms with van der Waals surface area (Å²) in [6.45, 7) is 0.633. The lowest BCUT2D eigenvalue weighted by atomic mass is 9.88. The van der Waals surface area contributed by atoms with Crippen LogP contribution in [0.4, 0.5) is 0 Å². The van der Waals surface area contributed by atoms with Gasteiger partial charge in [-0.25, -0.2) is 8.42 Å². The highest BCUT2D eigenvalue weighted by Crippen LogP contribution is 2.28. The second-order valence-corrected chi connectivity index (χ2v) is 7.51. The third kappa shape index (κ3) is 4.33. The van der Waals surface area contributed by atoms with Gasteiger partial charge in [-0.15, -0.1) is 0 Å². The molecule has 1 saturated heterocycles. The van der Waals surface area contributed by atoms with Crippen molar-refractivity contribution < 1.29 is 8.42 Å². The molecule has 1 aliphatic heterocycles. The Morgan fingerprint density at radius 1 is 1.53 bits per heavy atom. The molecule has 0 aromatic heterocycles. The number of hydrogen-bond donors (Lipinski definition) is 1. The summed E-state index contributed by atoms with van der Waals surface area (Å²) >= 11 is 1.84. The fraction of sp³-hybridized carbons (Fsp3) is 1.00. The molecular weight excluding hydrogens is 230 g/mol. The van der Waals surface area contributed by atoms with E-state index < -0.39 is 9.84 Å². The second-order valence-electron chi connectivity index (χ2n) is 4.29. The predicted octanol–water partition coefficient (Wildman–Crippen LogP) is 1.14. The molecule has 1 heterocycles. The molecule has 1 fully saturated rings. The summed E-state index contributed by atoms with van der Waals surface area (Å²) in [6.07, 6.45) is 5.15. The van der Waals surface area contributed by atoms with Crippen molar-refractivity contribution >= 4 is 21.6 Å². The standard InChI is InChI=1S/C10H21NO2S2/c1-14-5-2-3-9(7-11)10-4-6-15(12,13)8-10/h9-10H,2-8,11H2,1H3. The monoisotopic (exact) mass is 251 g/mol. The zero-order valence-corrected chi connectivity index (χ0v) is 10.9. The number of nitrogens with two attached hydrogens (primary N) is 1. The molecule has 0 radical (unpaired) electrons. The Kier molecular flexibility index (Phi) is 5.43. The molecule has 0 aromatic carbocycles. The SMILES string of the molecule is CSCCCC(CN)C1CCS(=O)(=O)C1. The molecule has 0 aliphatic carbocycles. The molecule has 2 unspecified atom stereocenters. The normalized spacial score (nSPS) is 26.7. The number of thioether (sulfide) groups is 1. The van der Waals surface area contributed by atoms with Crippen LogP contribution in [0.15, 0.2) is 0 Å². The van der Waals surface area contributed by atoms with Crippen LogP contribution >= 0.6 is 11.8 Å². The molecule has 1 aliphatic rings. The first-order valence-corrected chi connectivity index (χ1v) is 8.70. The van der Waals surface area contributed by atoms with E-state index in [4.69, 9.17) is 5.73 Å². The van der Waals surface area contributed by atoms with Gasteiger partial charge in [0.05, 0.1) is 11.5 Å². The quantitative estimate of drug-likeness (QED) is 0.719. The number of rotatable bonds is 6. The average Bonchev–Trinajstić information content (AvgIpc) is 2.54. The molecule has 0 amide bonds. The Morgan fingerprint density at radius 3 is 2.73 bits per heavy atom. The first-order valence-electron chi connectivity index (χ1n) is 5.48. The van der Waals surface area contributed by atoms with Crippen molar-refractivity contribution in [3.05, 3.63) is 0 Å². The third-order valence-corrected chi connectivity index (χ3v) is 5.65. The van der Waals surface area contributed by atoms with Crippen molar-refractivity contribution in [1.29, 1.82) is 0 Å². The minimum atomic E-state index is -2.74. The van der Waals surface area contributed by atoms with Crippen LogP contribution in [0.25, 0.3) is 0 Å². The van der Waals surface area contributed by atoms with Crippen molar-refractivity contribution in [2.45, 2.75) is 19.3 Å². The Hall–Kier alpha value is 0.260. The lowest BCUT2D eigenvalue weighted by Crippen LogP contribution is -2.24. The van der Waals surface area contributed by atoms with Gasteiger partial charge in [-0.1, -0.05) is 0 Å². The summed E-state index contributed by atoms with van der Waals surface area (Å²) in [7, 11) is -2.74. The highest BCUT2D eigenvalue weighted by Gasteiger charge is 2.32. The lowest BCUT2D eigenvalue weighted by Gasteiger charge is -2.20. The first kappa shape index (κ1) is 13.3. The summed E-state index contributed by atoms with van der Waals surface area (Å²) in [5.74, 6) is 2.62. The van der Waals surface area contributed by atoms with E-state index >= 15 is 0 Å². The third-order valence-electron chi connectivity index (χ3n) is 3.16. The zero-order valence-electron chi connectivity index (χ0n) is 9.31. The van der Waals surface area contributed by atoms with Crippen LogP contribution in [0.5, 0.6) is 0 Å². The lowest BCUT2D eigenvalue weighted by molar-refractivity contribution is 0.348. The van der Waals surface area contributed by atoms with Crippen LogP contribution in [0.2, 0.25) is 0 Å². The number of hydrogen-bond acceptors (Lipinski definition) is 4. The predicted molar refractivity (Wildman–Crippen MR) is 66.9 cm³/mol. The summed E-state index contributed by atoms with van der Waals surface area (Å²) in [6, 6.07) is 0. The highest BCUT2D eigenvalue weighted by molar-refractivity contribution is 7.98. The van der Waals surface area contributed by atoms with Gasteiger partial charge in [0, 0.05) is 0 Å². The molecule has 0 saturated carbocycles. The minimum absolute atomic E-state index is 0.321. The van der Waals surface area contributed by atoms with Crippen LogP contribution in [-0.4, -0.2) is 38.5 Å². The van der Waals surface area contributed by atoms with Crippen LogP contribution in [-0.2, 0) is 9.84 Å². The molecule has 2 atom stereocenters. The van der Waals surface area contributed by atoms with Gasteiger partial charge in [-0.2, -0.15) is 11.8 Å². The molecule has 0 aromatic rings. The molecular formula is C10H21NO2S2. The molecule has 90 valence electrons. The van der Waals surface area contributed by atoms with E-state index in [-0.39, 0.29) is 0 Å². The molecule has 0 spiro atoms. The van der Waals surface area contributed by atoms with Gasteiger partial charge < -0.3 is 5.73 Å². The molecule has 3 nitrogen and oxygen atoms in total. The fourth-order valence-corrected chi connectivity index (χ4v) is 4.61. The van der Waals surface area contributed by atoms with Crippen LogP contribution < -0.4 is 5.73 Å². The molecule has 15 heavy (non-hydrogen) atoms. The Labute approximate surface area is 97.1 Å². The summed E-state index contributed by atoms with van der Waals surface area (Å²) in [5.41, 5.74) is 5.72. The van der Waals surface area contributed by atoms with E-state index in [1.54, 1.807) is 0 Å². The van der Waals surface area contributed by atoms with Crippen molar-refractivity contribution in [2.24, 2.45) is 17.6 Å². The highest BCUT2D eigenvalue weighted by atomic mass is 32.2.